The van der Waals surface area contributed by atoms with Crippen molar-refractivity contribution in [1.82, 2.24) is 5.32 Å². The summed E-state index contributed by atoms with van der Waals surface area (Å²) >= 11 is 6.05. The van der Waals surface area contributed by atoms with Crippen LogP contribution in [0.2, 0.25) is 5.02 Å². The Labute approximate surface area is 127 Å². The molecule has 0 amide bonds. The maximum Gasteiger partial charge on any atom is 0.150 e. The van der Waals surface area contributed by atoms with E-state index in [2.05, 4.69) is 18.3 Å². The van der Waals surface area contributed by atoms with Crippen molar-refractivity contribution in [3.8, 4) is 0 Å². The molecule has 0 saturated heterocycles. The molecule has 0 bridgehead atoms. The summed E-state index contributed by atoms with van der Waals surface area (Å²) in [6.07, 6.45) is 1.49. The lowest BCUT2D eigenvalue weighted by Gasteiger charge is -2.19. The molecule has 0 aliphatic carbocycles. The molecule has 0 aliphatic heterocycles. The molecule has 1 aromatic rings. The molecule has 0 aliphatic rings. The molecule has 114 valence electrons. The summed E-state index contributed by atoms with van der Waals surface area (Å²) in [5.41, 5.74) is 2.22. The number of benzene rings is 1. The minimum absolute atomic E-state index is 0.183. The molecule has 3 nitrogen and oxygen atoms in total. The quantitative estimate of drug-likeness (QED) is 0.798. The Balaban J connectivity index is 2.71. The van der Waals surface area contributed by atoms with Crippen molar-refractivity contribution in [3.05, 3.63) is 34.3 Å². The minimum atomic E-state index is -2.88. The summed E-state index contributed by atoms with van der Waals surface area (Å²) in [5.74, 6) is 0.483. The fraction of sp³-hybridized carbons (Fsp3) is 0.600. The van der Waals surface area contributed by atoms with E-state index in [4.69, 9.17) is 11.6 Å². The Morgan fingerprint density at radius 1 is 1.30 bits per heavy atom. The topological polar surface area (TPSA) is 46.2 Å². The third kappa shape index (κ3) is 5.43. The van der Waals surface area contributed by atoms with Crippen LogP contribution in [0.4, 0.5) is 0 Å². The third-order valence-corrected chi connectivity index (χ3v) is 5.64. The number of hydrogen-bond donors (Lipinski definition) is 1. The number of nitrogens with one attached hydrogen (secondary N) is 1. The lowest BCUT2D eigenvalue weighted by atomic mass is 10.0. The molecule has 0 aromatic heterocycles. The first-order valence-corrected chi connectivity index (χ1v) is 9.29. The number of aryl methyl sites for hydroxylation is 1. The maximum absolute atomic E-state index is 11.5. The van der Waals surface area contributed by atoms with Crippen LogP contribution in [-0.4, -0.2) is 26.5 Å². The van der Waals surface area contributed by atoms with Gasteiger partial charge in [-0.3, -0.25) is 0 Å². The van der Waals surface area contributed by atoms with Gasteiger partial charge in [-0.1, -0.05) is 37.6 Å². The van der Waals surface area contributed by atoms with E-state index in [1.807, 2.05) is 19.1 Å². The van der Waals surface area contributed by atoms with Crippen molar-refractivity contribution in [1.29, 1.82) is 0 Å². The van der Waals surface area contributed by atoms with E-state index in [0.717, 1.165) is 23.6 Å². The maximum atomic E-state index is 11.5. The van der Waals surface area contributed by atoms with Crippen LogP contribution < -0.4 is 5.32 Å². The van der Waals surface area contributed by atoms with Gasteiger partial charge in [0.25, 0.3) is 0 Å². The zero-order chi connectivity index (χ0) is 15.2. The number of sulfone groups is 1. The summed E-state index contributed by atoms with van der Waals surface area (Å²) < 4.78 is 23.1. The average Bonchev–Trinajstić information content (AvgIpc) is 2.41. The van der Waals surface area contributed by atoms with Crippen LogP contribution in [-0.2, 0) is 9.84 Å². The Hall–Kier alpha value is -0.580. The third-order valence-electron chi connectivity index (χ3n) is 3.42. The van der Waals surface area contributed by atoms with Crippen molar-refractivity contribution in [2.75, 3.05) is 18.1 Å². The van der Waals surface area contributed by atoms with Gasteiger partial charge in [-0.2, -0.15) is 0 Å². The highest BCUT2D eigenvalue weighted by atomic mass is 35.5. The van der Waals surface area contributed by atoms with Gasteiger partial charge in [-0.25, -0.2) is 8.42 Å². The molecule has 1 N–H and O–H groups in total. The number of hydrogen-bond acceptors (Lipinski definition) is 3. The normalized spacial score (nSPS) is 13.4. The fourth-order valence-electron chi connectivity index (χ4n) is 2.17. The average molecular weight is 318 g/mol. The van der Waals surface area contributed by atoms with Gasteiger partial charge < -0.3 is 5.32 Å². The molecular formula is C15H24ClNO2S. The Morgan fingerprint density at radius 3 is 2.55 bits per heavy atom. The minimum Gasteiger partial charge on any atom is -0.310 e. The Morgan fingerprint density at radius 2 is 2.00 bits per heavy atom. The van der Waals surface area contributed by atoms with Gasteiger partial charge in [0, 0.05) is 16.8 Å². The van der Waals surface area contributed by atoms with Crippen molar-refractivity contribution < 1.29 is 8.42 Å². The molecule has 0 fully saturated rings. The predicted octanol–water partition coefficient (Wildman–Crippen LogP) is 3.51. The van der Waals surface area contributed by atoms with E-state index in [9.17, 15) is 8.42 Å². The molecule has 1 rings (SSSR count). The van der Waals surface area contributed by atoms with E-state index >= 15 is 0 Å². The van der Waals surface area contributed by atoms with Crippen LogP contribution in [0.25, 0.3) is 0 Å². The molecule has 0 saturated carbocycles. The first kappa shape index (κ1) is 17.5. The molecule has 1 unspecified atom stereocenters. The molecule has 5 heteroatoms. The second kappa shape index (κ2) is 8.01. The molecule has 20 heavy (non-hydrogen) atoms. The van der Waals surface area contributed by atoms with Gasteiger partial charge in [-0.05, 0) is 43.5 Å². The first-order chi connectivity index (χ1) is 9.39. The largest absolute Gasteiger partial charge is 0.310 e. The SMILES string of the molecule is CCNC(CCCS(=O)(=O)CC)c1ccc(Cl)c(C)c1. The Kier molecular flexibility index (Phi) is 7.00. The zero-order valence-corrected chi connectivity index (χ0v) is 14.0. The molecule has 1 atom stereocenters. The molecule has 0 radical (unpaired) electrons. The zero-order valence-electron chi connectivity index (χ0n) is 12.4. The summed E-state index contributed by atoms with van der Waals surface area (Å²) in [6.45, 7) is 6.58. The van der Waals surface area contributed by atoms with E-state index in [-0.39, 0.29) is 17.5 Å². The van der Waals surface area contributed by atoms with Crippen molar-refractivity contribution in [2.24, 2.45) is 0 Å². The van der Waals surface area contributed by atoms with Crippen molar-refractivity contribution in [3.63, 3.8) is 0 Å². The van der Waals surface area contributed by atoms with Gasteiger partial charge in [0.05, 0.1) is 5.75 Å². The predicted molar refractivity (Wildman–Crippen MR) is 86.2 cm³/mol. The van der Waals surface area contributed by atoms with Crippen LogP contribution in [0.5, 0.6) is 0 Å². The summed E-state index contributed by atoms with van der Waals surface area (Å²) in [7, 11) is -2.88. The van der Waals surface area contributed by atoms with Gasteiger partial charge in [0.1, 0.15) is 9.84 Å². The number of halogens is 1. The van der Waals surface area contributed by atoms with Crippen molar-refractivity contribution >= 4 is 21.4 Å². The second-order valence-corrected chi connectivity index (χ2v) is 7.88. The summed E-state index contributed by atoms with van der Waals surface area (Å²) in [6, 6.07) is 6.17. The van der Waals surface area contributed by atoms with E-state index < -0.39 is 9.84 Å². The lowest BCUT2D eigenvalue weighted by Crippen LogP contribution is -2.22. The van der Waals surface area contributed by atoms with Gasteiger partial charge >= 0.3 is 0 Å². The molecule has 0 heterocycles. The van der Waals surface area contributed by atoms with Gasteiger partial charge in [-0.15, -0.1) is 0 Å². The smallest absolute Gasteiger partial charge is 0.150 e. The van der Waals surface area contributed by atoms with E-state index in [1.165, 1.54) is 5.56 Å². The van der Waals surface area contributed by atoms with E-state index in [0.29, 0.717) is 6.42 Å². The molecule has 1 aromatic carbocycles. The fourth-order valence-corrected chi connectivity index (χ4v) is 3.18. The first-order valence-electron chi connectivity index (χ1n) is 7.09. The van der Waals surface area contributed by atoms with Crippen molar-refractivity contribution in [2.45, 2.75) is 39.7 Å². The summed E-state index contributed by atoms with van der Waals surface area (Å²) in [4.78, 5) is 0. The van der Waals surface area contributed by atoms with E-state index in [1.54, 1.807) is 6.92 Å². The highest BCUT2D eigenvalue weighted by Crippen LogP contribution is 2.24. The van der Waals surface area contributed by atoms with Crippen LogP contribution in [0.15, 0.2) is 18.2 Å². The van der Waals surface area contributed by atoms with Gasteiger partial charge in [0.15, 0.2) is 0 Å². The molecule has 0 spiro atoms. The highest BCUT2D eigenvalue weighted by Gasteiger charge is 2.13. The lowest BCUT2D eigenvalue weighted by molar-refractivity contribution is 0.506. The summed E-state index contributed by atoms with van der Waals surface area (Å²) in [5, 5.41) is 4.17. The van der Waals surface area contributed by atoms with Crippen LogP contribution in [0, 0.1) is 6.92 Å². The molecular weight excluding hydrogens is 294 g/mol. The van der Waals surface area contributed by atoms with Crippen LogP contribution in [0.1, 0.15) is 43.9 Å². The monoisotopic (exact) mass is 317 g/mol. The van der Waals surface area contributed by atoms with Crippen LogP contribution >= 0.6 is 11.6 Å². The Bertz CT molecular complexity index is 529. The second-order valence-electron chi connectivity index (χ2n) is 5.00. The van der Waals surface area contributed by atoms with Crippen LogP contribution in [0.3, 0.4) is 0 Å². The van der Waals surface area contributed by atoms with Gasteiger partial charge in [0.2, 0.25) is 0 Å². The standard InChI is InChI=1S/C15H24ClNO2S/c1-4-17-15(7-6-10-20(18,19)5-2)13-8-9-14(16)12(3)11-13/h8-9,11,15,17H,4-7,10H2,1-3H3. The highest BCUT2D eigenvalue weighted by molar-refractivity contribution is 7.91. The number of rotatable bonds is 8.